The first-order valence-corrected chi connectivity index (χ1v) is 11.0. The second-order valence-electron chi connectivity index (χ2n) is 6.69. The first kappa shape index (κ1) is 21.7. The molecule has 5 nitrogen and oxygen atoms in total. The molecule has 1 unspecified atom stereocenters. The van der Waals surface area contributed by atoms with E-state index in [-0.39, 0.29) is 11.9 Å². The van der Waals surface area contributed by atoms with Crippen LogP contribution in [-0.2, 0) is 10.5 Å². The Kier molecular flexibility index (Phi) is 7.22. The summed E-state index contributed by atoms with van der Waals surface area (Å²) in [6, 6.07) is 13.3. The second kappa shape index (κ2) is 9.65. The maximum Gasteiger partial charge on any atom is 0.220 e. The molecule has 0 aliphatic rings. The number of hydrogen-bond donors (Lipinski definition) is 1. The van der Waals surface area contributed by atoms with Gasteiger partial charge in [-0.3, -0.25) is 9.36 Å². The molecule has 3 rings (SSSR count). The Labute approximate surface area is 184 Å². The topological polar surface area (TPSA) is 59.8 Å². The number of thioether (sulfide) groups is 1. The third-order valence-electron chi connectivity index (χ3n) is 4.35. The van der Waals surface area contributed by atoms with Gasteiger partial charge in [-0.2, -0.15) is 0 Å². The van der Waals surface area contributed by atoms with Crippen LogP contribution in [0, 0.1) is 6.92 Å². The largest absolute Gasteiger partial charge is 0.346 e. The standard InChI is InChI=1S/C21H22Cl2N4OS/c1-4-19(28)24-14(3)20-25-26-21(29-12-15-7-5-6-13(2)10-15)27(20)18-9-8-16(22)11-17(18)23/h5-11,14H,4,12H2,1-3H3,(H,24,28). The van der Waals surface area contributed by atoms with Crippen molar-refractivity contribution in [3.8, 4) is 5.69 Å². The summed E-state index contributed by atoms with van der Waals surface area (Å²) in [5, 5.41) is 13.4. The summed E-state index contributed by atoms with van der Waals surface area (Å²) in [4.78, 5) is 11.9. The molecule has 1 amide bonds. The molecule has 0 aliphatic carbocycles. The van der Waals surface area contributed by atoms with E-state index in [0.29, 0.717) is 27.4 Å². The molecule has 1 atom stereocenters. The number of aryl methyl sites for hydroxylation is 1. The number of carbonyl (C=O) groups excluding carboxylic acids is 1. The molecule has 0 saturated carbocycles. The van der Waals surface area contributed by atoms with Gasteiger partial charge in [0.15, 0.2) is 11.0 Å². The lowest BCUT2D eigenvalue weighted by atomic mass is 10.2. The van der Waals surface area contributed by atoms with Gasteiger partial charge in [0.25, 0.3) is 0 Å². The summed E-state index contributed by atoms with van der Waals surface area (Å²) in [5.74, 6) is 1.30. The van der Waals surface area contributed by atoms with Crippen molar-refractivity contribution in [1.29, 1.82) is 0 Å². The molecular formula is C21H22Cl2N4OS. The van der Waals surface area contributed by atoms with Gasteiger partial charge in [0, 0.05) is 17.2 Å². The van der Waals surface area contributed by atoms with Crippen LogP contribution in [0.2, 0.25) is 10.0 Å². The third kappa shape index (κ3) is 5.32. The molecule has 3 aromatic rings. The first-order valence-electron chi connectivity index (χ1n) is 9.27. The number of rotatable bonds is 7. The van der Waals surface area contributed by atoms with Gasteiger partial charge in [0.2, 0.25) is 5.91 Å². The summed E-state index contributed by atoms with van der Waals surface area (Å²) >= 11 is 14.1. The van der Waals surface area contributed by atoms with Gasteiger partial charge in [-0.1, -0.05) is 71.7 Å². The maximum absolute atomic E-state index is 11.9. The number of nitrogens with zero attached hydrogens (tertiary/aromatic N) is 3. The molecule has 8 heteroatoms. The smallest absolute Gasteiger partial charge is 0.220 e. The molecule has 0 radical (unpaired) electrons. The van der Waals surface area contributed by atoms with E-state index >= 15 is 0 Å². The van der Waals surface area contributed by atoms with Crippen molar-refractivity contribution in [3.05, 3.63) is 69.5 Å². The highest BCUT2D eigenvalue weighted by molar-refractivity contribution is 7.98. The van der Waals surface area contributed by atoms with Crippen molar-refractivity contribution in [2.24, 2.45) is 0 Å². The highest BCUT2D eigenvalue weighted by Crippen LogP contribution is 2.32. The number of hydrogen-bond acceptors (Lipinski definition) is 4. The van der Waals surface area contributed by atoms with Gasteiger partial charge in [-0.05, 0) is 37.6 Å². The number of nitrogens with one attached hydrogen (secondary N) is 1. The second-order valence-corrected chi connectivity index (χ2v) is 8.48. The van der Waals surface area contributed by atoms with Crippen LogP contribution >= 0.6 is 35.0 Å². The minimum atomic E-state index is -0.324. The zero-order valence-corrected chi connectivity index (χ0v) is 18.8. The Hall–Kier alpha value is -2.02. The average molecular weight is 449 g/mol. The lowest BCUT2D eigenvalue weighted by Crippen LogP contribution is -2.27. The van der Waals surface area contributed by atoms with Crippen LogP contribution in [0.15, 0.2) is 47.6 Å². The van der Waals surface area contributed by atoms with E-state index in [9.17, 15) is 4.79 Å². The predicted molar refractivity (Wildman–Crippen MR) is 119 cm³/mol. The van der Waals surface area contributed by atoms with Crippen LogP contribution in [0.3, 0.4) is 0 Å². The van der Waals surface area contributed by atoms with Crippen molar-refractivity contribution in [2.75, 3.05) is 0 Å². The molecular weight excluding hydrogens is 427 g/mol. The molecule has 2 aromatic carbocycles. The van der Waals surface area contributed by atoms with E-state index in [1.54, 1.807) is 23.9 Å². The van der Waals surface area contributed by atoms with E-state index in [1.165, 1.54) is 11.1 Å². The zero-order valence-electron chi connectivity index (χ0n) is 16.4. The van der Waals surface area contributed by atoms with Crippen molar-refractivity contribution in [3.63, 3.8) is 0 Å². The molecule has 0 fully saturated rings. The van der Waals surface area contributed by atoms with Crippen LogP contribution in [-0.4, -0.2) is 20.7 Å². The number of benzene rings is 2. The lowest BCUT2D eigenvalue weighted by molar-refractivity contribution is -0.121. The fourth-order valence-corrected chi connectivity index (χ4v) is 4.29. The van der Waals surface area contributed by atoms with Crippen molar-refractivity contribution < 1.29 is 4.79 Å². The predicted octanol–water partition coefficient (Wildman–Crippen LogP) is 5.76. The number of amides is 1. The minimum Gasteiger partial charge on any atom is -0.346 e. The van der Waals surface area contributed by atoms with Gasteiger partial charge in [-0.25, -0.2) is 0 Å². The molecule has 152 valence electrons. The number of halogens is 2. The Bertz CT molecular complexity index is 1020. The molecule has 1 heterocycles. The Morgan fingerprint density at radius 2 is 2.00 bits per heavy atom. The fourth-order valence-electron chi connectivity index (χ4n) is 2.90. The molecule has 1 aromatic heterocycles. The summed E-state index contributed by atoms with van der Waals surface area (Å²) in [5.41, 5.74) is 3.13. The van der Waals surface area contributed by atoms with Gasteiger partial charge in [0.1, 0.15) is 0 Å². The Morgan fingerprint density at radius 1 is 1.21 bits per heavy atom. The van der Waals surface area contributed by atoms with E-state index < -0.39 is 0 Å². The van der Waals surface area contributed by atoms with Gasteiger partial charge < -0.3 is 5.32 Å². The minimum absolute atomic E-state index is 0.0526. The summed E-state index contributed by atoms with van der Waals surface area (Å²) in [6.07, 6.45) is 0.398. The quantitative estimate of drug-likeness (QED) is 0.466. The van der Waals surface area contributed by atoms with Crippen molar-refractivity contribution in [1.82, 2.24) is 20.1 Å². The molecule has 1 N–H and O–H groups in total. The first-order chi connectivity index (χ1) is 13.9. The fraction of sp³-hybridized carbons (Fsp3) is 0.286. The Morgan fingerprint density at radius 3 is 2.69 bits per heavy atom. The van der Waals surface area contributed by atoms with Crippen molar-refractivity contribution in [2.45, 2.75) is 44.1 Å². The van der Waals surface area contributed by atoms with Crippen LogP contribution in [0.5, 0.6) is 0 Å². The summed E-state index contributed by atoms with van der Waals surface area (Å²) < 4.78 is 1.89. The van der Waals surface area contributed by atoms with E-state index in [1.807, 2.05) is 30.5 Å². The molecule has 0 saturated heterocycles. The van der Waals surface area contributed by atoms with Crippen LogP contribution < -0.4 is 5.32 Å². The van der Waals surface area contributed by atoms with E-state index in [4.69, 9.17) is 23.2 Å². The third-order valence-corrected chi connectivity index (χ3v) is 5.88. The normalized spacial score (nSPS) is 12.0. The number of aromatic nitrogens is 3. The van der Waals surface area contributed by atoms with Gasteiger partial charge in [-0.15, -0.1) is 10.2 Å². The average Bonchev–Trinajstić information content (AvgIpc) is 3.10. The number of carbonyl (C=O) groups is 1. The van der Waals surface area contributed by atoms with Gasteiger partial charge in [0.05, 0.1) is 16.8 Å². The highest BCUT2D eigenvalue weighted by Gasteiger charge is 2.22. The highest BCUT2D eigenvalue weighted by atomic mass is 35.5. The van der Waals surface area contributed by atoms with E-state index in [2.05, 4.69) is 40.6 Å². The van der Waals surface area contributed by atoms with Crippen LogP contribution in [0.1, 0.15) is 43.3 Å². The molecule has 0 bridgehead atoms. The van der Waals surface area contributed by atoms with Crippen molar-refractivity contribution >= 4 is 40.9 Å². The van der Waals surface area contributed by atoms with Crippen LogP contribution in [0.4, 0.5) is 0 Å². The zero-order chi connectivity index (χ0) is 21.0. The molecule has 0 spiro atoms. The molecule has 0 aliphatic heterocycles. The summed E-state index contributed by atoms with van der Waals surface area (Å²) in [6.45, 7) is 5.76. The maximum atomic E-state index is 11.9. The SMILES string of the molecule is CCC(=O)NC(C)c1nnc(SCc2cccc(C)c2)n1-c1ccc(Cl)cc1Cl. The van der Waals surface area contributed by atoms with Gasteiger partial charge >= 0.3 is 0 Å². The van der Waals surface area contributed by atoms with Crippen LogP contribution in [0.25, 0.3) is 5.69 Å². The summed E-state index contributed by atoms with van der Waals surface area (Å²) in [7, 11) is 0. The monoisotopic (exact) mass is 448 g/mol. The molecule has 29 heavy (non-hydrogen) atoms. The van der Waals surface area contributed by atoms with E-state index in [0.717, 1.165) is 11.4 Å². The Balaban J connectivity index is 1.98. The lowest BCUT2D eigenvalue weighted by Gasteiger charge is -2.17.